The molecule has 17 atom stereocenters. The Labute approximate surface area is 511 Å². The number of nitrogens with two attached hydrogens (primary N) is 5. The molecule has 1 radical (unpaired) electrons. The number of fused-ring (bicyclic) bond motifs is 7. The van der Waals surface area contributed by atoms with Crippen molar-refractivity contribution in [3.05, 3.63) is 52.6 Å². The number of benzene rings is 1. The summed E-state index contributed by atoms with van der Waals surface area (Å²) in [6.07, 6.45) is -2.61. The number of carbonyl (C=O) groups is 5. The van der Waals surface area contributed by atoms with E-state index in [4.69, 9.17) is 57.4 Å². The number of aliphatic imine (C=N–C) groups is 3. The SMILES string of the molecule is C/C1=C2/N/C(=C\C3=NC(C(C)C4=NC(C5N=C1C(CCC(N)=O)C5CN)C(CN)[C@@]4(C)CCC(=O)NCC(C)OP(=O)([O-])OC1C(CO)OC(n4cnc5cc(C)c(C)cc54)C1O)C(CCC(N)=O)C3(C)C)C(CCC(N)=O)C2(C)CC(=O)O.O.[Co]. The van der Waals surface area contributed by atoms with Gasteiger partial charge in [0.2, 0.25) is 23.6 Å². The number of carbonyl (C=O) groups excluding carboxylic acids is 4. The molecule has 28 heteroatoms. The van der Waals surface area contributed by atoms with Gasteiger partial charge in [-0.15, -0.1) is 0 Å². The molecule has 2 saturated heterocycles. The largest absolute Gasteiger partial charge is 0.756 e. The number of phosphoric ester groups is 1. The number of nitrogens with zero attached hydrogens (tertiary/aromatic N) is 5. The molecule has 8 bridgehead atoms. The number of aliphatic hydroxyl groups is 2. The molecule has 2 aromatic rings. The molecule has 1 aromatic heterocycles. The second kappa shape index (κ2) is 27.2. The zero-order valence-electron chi connectivity index (χ0n) is 50.4. The molecule has 86 heavy (non-hydrogen) atoms. The van der Waals surface area contributed by atoms with Gasteiger partial charge in [0, 0.05) is 123 Å². The van der Waals surface area contributed by atoms with Crippen molar-refractivity contribution in [1.29, 1.82) is 0 Å². The molecule has 26 nitrogen and oxygen atoms in total. The van der Waals surface area contributed by atoms with E-state index in [1.807, 2.05) is 73.6 Å². The van der Waals surface area contributed by atoms with Crippen LogP contribution in [0.25, 0.3) is 11.0 Å². The number of nitrogens with one attached hydrogen (secondary N) is 2. The van der Waals surface area contributed by atoms with Crippen LogP contribution in [0.1, 0.15) is 124 Å². The normalized spacial score (nSPS) is 34.2. The predicted octanol–water partition coefficient (Wildman–Crippen LogP) is 1.42. The third-order valence-corrected chi connectivity index (χ3v) is 20.5. The molecule has 0 saturated carbocycles. The monoisotopic (exact) mass is 1270 g/mol. The summed E-state index contributed by atoms with van der Waals surface area (Å²) >= 11 is 0. The smallest absolute Gasteiger partial charge is 0.304 e. The van der Waals surface area contributed by atoms with Crippen LogP contribution in [0.2, 0.25) is 0 Å². The topological polar surface area (TPSA) is 454 Å². The minimum atomic E-state index is -5.24. The van der Waals surface area contributed by atoms with Crippen LogP contribution in [-0.4, -0.2) is 146 Å². The van der Waals surface area contributed by atoms with Gasteiger partial charge in [0.25, 0.3) is 7.82 Å². The van der Waals surface area contributed by atoms with Gasteiger partial charge in [-0.05, 0) is 107 Å². The van der Waals surface area contributed by atoms with Crippen LogP contribution < -0.4 is 44.2 Å². The summed E-state index contributed by atoms with van der Waals surface area (Å²) in [6.45, 7) is 16.4. The van der Waals surface area contributed by atoms with Crippen molar-refractivity contribution < 1.29 is 84.8 Å². The molecule has 17 N–H and O–H groups in total. The number of carboxylic acids is 1. The van der Waals surface area contributed by atoms with Crippen molar-refractivity contribution in [3.8, 4) is 0 Å². The van der Waals surface area contributed by atoms with Crippen molar-refractivity contribution >= 4 is 65.6 Å². The second-order valence-corrected chi connectivity index (χ2v) is 26.5. The summed E-state index contributed by atoms with van der Waals surface area (Å²) in [5, 5.41) is 38.7. The number of phosphoric acid groups is 1. The summed E-state index contributed by atoms with van der Waals surface area (Å²) in [5.74, 6) is -5.69. The molecule has 8 rings (SSSR count). The first-order valence-corrected chi connectivity index (χ1v) is 30.6. The van der Waals surface area contributed by atoms with E-state index in [9.17, 15) is 48.8 Å². The number of aliphatic hydroxyl groups excluding tert-OH is 2. The number of aliphatic carboxylic acids is 1. The van der Waals surface area contributed by atoms with Crippen molar-refractivity contribution in [1.82, 2.24) is 20.2 Å². The minimum Gasteiger partial charge on any atom is -0.756 e. The zero-order valence-corrected chi connectivity index (χ0v) is 52.3. The average Bonchev–Trinajstić information content (AvgIpc) is 1.61. The van der Waals surface area contributed by atoms with Gasteiger partial charge in [0.05, 0.1) is 54.6 Å². The Bertz CT molecular complexity index is 3130. The van der Waals surface area contributed by atoms with Gasteiger partial charge in [-0.1, -0.05) is 34.6 Å². The Morgan fingerprint density at radius 1 is 0.895 bits per heavy atom. The van der Waals surface area contributed by atoms with Crippen LogP contribution in [0.5, 0.6) is 0 Å². The number of ether oxygens (including phenoxy) is 1. The van der Waals surface area contributed by atoms with Crippen molar-refractivity contribution in [3.63, 3.8) is 0 Å². The van der Waals surface area contributed by atoms with E-state index < -0.39 is 139 Å². The molecule has 0 aliphatic carbocycles. The first-order valence-electron chi connectivity index (χ1n) is 29.1. The summed E-state index contributed by atoms with van der Waals surface area (Å²) in [4.78, 5) is 99.4. The first-order chi connectivity index (χ1) is 39.4. The number of imidazole rings is 1. The Kier molecular flexibility index (Phi) is 22.1. The maximum Gasteiger partial charge on any atom is 0.304 e. The van der Waals surface area contributed by atoms with Crippen LogP contribution in [0.15, 0.2) is 56.5 Å². The number of allylic oxidation sites excluding steroid dienone is 4. The minimum absolute atomic E-state index is 0. The van der Waals surface area contributed by atoms with Crippen LogP contribution in [0, 0.1) is 65.6 Å². The fraction of sp³-hybridized carbons (Fsp3) is 0.672. The molecule has 2 fully saturated rings. The van der Waals surface area contributed by atoms with Gasteiger partial charge >= 0.3 is 5.97 Å². The Morgan fingerprint density at radius 2 is 1.53 bits per heavy atom. The molecule has 0 spiro atoms. The van der Waals surface area contributed by atoms with Gasteiger partial charge in [-0.3, -0.25) is 43.5 Å². The third-order valence-electron chi connectivity index (χ3n) is 19.4. The second-order valence-electron chi connectivity index (χ2n) is 25.2. The van der Waals surface area contributed by atoms with Gasteiger partial charge < -0.3 is 83.3 Å². The number of primary amides is 3. The number of amides is 4. The maximum atomic E-state index is 14.1. The standard InChI is InChI=1S/C58H87N12O13P.Co.H2O/c1-27-18-38-39(19-28(27)2)70(26-65-38)55-51(78)52(40(25-71)81-55)83-84(79,80)82-29(3)24-64-45(75)16-17-57(8)36(23-60)50-49-33(22-59)32(10-13-42(61)72)47(68-49)30(4)54-58(9,21-46(76)77)34(11-14-43(62)73)37(66-54)20-41-56(6,7)35(12-15-44(63)74)48(67-41)31(5)53(57)69-50;;/h18-20,26,29,31-36,40,48-52,55,66,71,78H,10-17,21-25,59-60H2,1-9H3,(H2,61,72)(H2,62,73)(H2,63,74)(H,64,75)(H,76,77)(H,79,80);;1H2/p-1/b37-20-,54-30-;;/t29?,31?,32?,33?,34?,35?,36?,40?,48?,49?,50?,51?,52?,55?,57-,58?;;/m1../s1. The fourth-order valence-electron chi connectivity index (χ4n) is 14.8. The van der Waals surface area contributed by atoms with E-state index in [0.717, 1.165) is 16.8 Å². The Morgan fingerprint density at radius 3 is 2.15 bits per heavy atom. The molecule has 6 aliphatic heterocycles. The van der Waals surface area contributed by atoms with Crippen LogP contribution in [-0.2, 0) is 59.1 Å². The van der Waals surface area contributed by atoms with Crippen LogP contribution in [0.4, 0.5) is 0 Å². The van der Waals surface area contributed by atoms with Crippen molar-refractivity contribution in [2.24, 2.45) is 95.4 Å². The van der Waals surface area contributed by atoms with Gasteiger partial charge in [0.15, 0.2) is 6.23 Å². The van der Waals surface area contributed by atoms with Crippen molar-refractivity contribution in [2.75, 3.05) is 26.2 Å². The number of rotatable bonds is 24. The van der Waals surface area contributed by atoms with E-state index in [1.165, 1.54) is 13.3 Å². The maximum absolute atomic E-state index is 14.1. The summed E-state index contributed by atoms with van der Waals surface area (Å²) < 4.78 is 31.8. The molecular formula is C58H88CoN12O14P-. The zero-order chi connectivity index (χ0) is 61.7. The van der Waals surface area contributed by atoms with Gasteiger partial charge in [-0.25, -0.2) is 4.98 Å². The van der Waals surface area contributed by atoms with Gasteiger partial charge in [0.1, 0.15) is 18.3 Å². The molecule has 6 aliphatic rings. The van der Waals surface area contributed by atoms with Crippen LogP contribution in [0.3, 0.4) is 0 Å². The predicted molar refractivity (Wildman–Crippen MR) is 315 cm³/mol. The molecule has 7 heterocycles. The number of hydrogen-bond acceptors (Lipinski definition) is 19. The fourth-order valence-corrected chi connectivity index (χ4v) is 15.9. The Balaban J connectivity index is 0.00000591. The van der Waals surface area contributed by atoms with Crippen LogP contribution >= 0.6 is 7.82 Å². The summed E-state index contributed by atoms with van der Waals surface area (Å²) in [7, 11) is -5.24. The quantitative estimate of drug-likeness (QED) is 0.0665. The molecular weight excluding hydrogens is 1180 g/mol. The molecule has 4 amide bonds. The average molecular weight is 1270 g/mol. The van der Waals surface area contributed by atoms with E-state index >= 15 is 0 Å². The van der Waals surface area contributed by atoms with E-state index in [-0.39, 0.29) is 99.2 Å². The summed E-state index contributed by atoms with van der Waals surface area (Å²) in [6, 6.07) is 2.00. The molecule has 479 valence electrons. The van der Waals surface area contributed by atoms with Gasteiger partial charge in [-0.2, -0.15) is 0 Å². The molecule has 16 unspecified atom stereocenters. The van der Waals surface area contributed by atoms with E-state index in [0.29, 0.717) is 45.8 Å². The number of aromatic nitrogens is 2. The Hall–Kier alpha value is -5.29. The van der Waals surface area contributed by atoms with Crippen molar-refractivity contribution in [2.45, 2.75) is 169 Å². The van der Waals surface area contributed by atoms with E-state index in [1.54, 1.807) is 4.57 Å². The van der Waals surface area contributed by atoms with E-state index in [2.05, 4.69) is 15.6 Å². The summed E-state index contributed by atoms with van der Waals surface area (Å²) in [5.41, 5.74) is 35.4. The first kappa shape index (κ1) is 69.8. The number of hydrogen-bond donors (Lipinski definition) is 10. The number of aryl methyl sites for hydroxylation is 2. The third kappa shape index (κ3) is 13.6. The molecule has 1 aromatic carbocycles. The number of carboxylic acid groups (broad SMARTS) is 1.